The molecule has 73 heavy (non-hydrogen) atoms. The van der Waals surface area contributed by atoms with Crippen LogP contribution in [0.5, 0.6) is 0 Å². The van der Waals surface area contributed by atoms with E-state index < -0.39 is 86.8 Å². The van der Waals surface area contributed by atoms with E-state index in [1.807, 2.05) is 0 Å². The number of unbranched alkanes of at least 4 members (excludes halogenated alkanes) is 16. The standard InChI is InChI=1S/C59H101NO13/c1-3-5-7-9-11-13-15-17-18-19-20-21-22-23-24-25-26-27-28-29-30-31-33-35-37-39-41-43-51(64)60-47(48(63)42-40-38-36-34-32-16-14-12-10-8-6-4-2)46-70-58-56(69)54(67)57(50(45-62)72-58)73-59-55(68)53(66)52(65)49(44-61)71-59/h5,7,11,13,17-18,20-21,23-24,26-27,29-30,47-50,52-59,61-63,65-69H,3-4,6,8-10,12,14-16,19,22,25,28,31-46H2,1-2H3,(H,60,64)/b7-5-,13-11-,18-17-,21-20-,24-23-,27-26-,30-29-. The first-order valence-corrected chi connectivity index (χ1v) is 28.3. The highest BCUT2D eigenvalue weighted by Gasteiger charge is 2.51. The number of aliphatic hydroxyl groups is 8. The molecule has 0 saturated carbocycles. The highest BCUT2D eigenvalue weighted by Crippen LogP contribution is 2.30. The number of carbonyl (C=O) groups is 1. The highest BCUT2D eigenvalue weighted by molar-refractivity contribution is 5.76. The van der Waals surface area contributed by atoms with Crippen molar-refractivity contribution in [3.8, 4) is 0 Å². The fourth-order valence-electron chi connectivity index (χ4n) is 8.80. The molecule has 14 nitrogen and oxygen atoms in total. The fraction of sp³-hybridized carbons (Fsp3) is 0.746. The van der Waals surface area contributed by atoms with E-state index in [0.29, 0.717) is 12.8 Å². The zero-order valence-corrected chi connectivity index (χ0v) is 44.8. The highest BCUT2D eigenvalue weighted by atomic mass is 16.7. The summed E-state index contributed by atoms with van der Waals surface area (Å²) < 4.78 is 22.8. The van der Waals surface area contributed by atoms with Crippen molar-refractivity contribution in [2.75, 3.05) is 19.8 Å². The Morgan fingerprint density at radius 2 is 0.945 bits per heavy atom. The summed E-state index contributed by atoms with van der Waals surface area (Å²) in [6, 6.07) is -0.844. The van der Waals surface area contributed by atoms with E-state index in [1.54, 1.807) is 0 Å². The summed E-state index contributed by atoms with van der Waals surface area (Å²) in [4.78, 5) is 13.2. The van der Waals surface area contributed by atoms with Gasteiger partial charge in [-0.15, -0.1) is 0 Å². The normalized spacial score (nSPS) is 26.1. The number of rotatable bonds is 43. The lowest BCUT2D eigenvalue weighted by atomic mass is 9.97. The third kappa shape index (κ3) is 30.5. The van der Waals surface area contributed by atoms with Crippen LogP contribution < -0.4 is 5.32 Å². The summed E-state index contributed by atoms with van der Waals surface area (Å²) in [5.41, 5.74) is 0. The van der Waals surface area contributed by atoms with Gasteiger partial charge in [-0.3, -0.25) is 4.79 Å². The third-order valence-corrected chi connectivity index (χ3v) is 13.4. The van der Waals surface area contributed by atoms with Crippen LogP contribution in [0.2, 0.25) is 0 Å². The fourth-order valence-corrected chi connectivity index (χ4v) is 8.80. The Morgan fingerprint density at radius 1 is 0.507 bits per heavy atom. The first-order valence-electron chi connectivity index (χ1n) is 28.3. The minimum atomic E-state index is -1.79. The maximum Gasteiger partial charge on any atom is 0.220 e. The van der Waals surface area contributed by atoms with Gasteiger partial charge in [0, 0.05) is 6.42 Å². The van der Waals surface area contributed by atoms with Crippen molar-refractivity contribution >= 4 is 5.91 Å². The number of allylic oxidation sites excluding steroid dienone is 14. The number of amides is 1. The summed E-state index contributed by atoms with van der Waals surface area (Å²) in [7, 11) is 0. The van der Waals surface area contributed by atoms with Crippen molar-refractivity contribution in [2.24, 2.45) is 0 Å². The average molecular weight is 1030 g/mol. The molecule has 2 saturated heterocycles. The Kier molecular flexibility index (Phi) is 40.2. The molecule has 0 radical (unpaired) electrons. The van der Waals surface area contributed by atoms with Gasteiger partial charge in [0.15, 0.2) is 12.6 Å². The molecule has 9 N–H and O–H groups in total. The zero-order valence-electron chi connectivity index (χ0n) is 44.8. The summed E-state index contributed by atoms with van der Waals surface area (Å²) in [6.45, 7) is 2.70. The quantitative estimate of drug-likeness (QED) is 0.0206. The van der Waals surface area contributed by atoms with Crippen LogP contribution in [0.1, 0.15) is 187 Å². The molecule has 2 fully saturated rings. The summed E-state index contributed by atoms with van der Waals surface area (Å²) in [5.74, 6) is -0.231. The number of ether oxygens (including phenoxy) is 4. The summed E-state index contributed by atoms with van der Waals surface area (Å²) in [6.07, 6.45) is 41.5. The van der Waals surface area contributed by atoms with Crippen molar-refractivity contribution in [1.29, 1.82) is 0 Å². The maximum atomic E-state index is 13.2. The van der Waals surface area contributed by atoms with E-state index in [2.05, 4.69) is 104 Å². The molecule has 2 rings (SSSR count). The topological polar surface area (TPSA) is 228 Å². The van der Waals surface area contributed by atoms with Gasteiger partial charge in [0.25, 0.3) is 0 Å². The van der Waals surface area contributed by atoms with Crippen LogP contribution in [-0.2, 0) is 23.7 Å². The predicted octanol–water partition coefficient (Wildman–Crippen LogP) is 8.94. The molecule has 0 spiro atoms. The van der Waals surface area contributed by atoms with Gasteiger partial charge in [-0.1, -0.05) is 195 Å². The minimum absolute atomic E-state index is 0.231. The monoisotopic (exact) mass is 1030 g/mol. The molecule has 12 atom stereocenters. The Bertz CT molecular complexity index is 1550. The number of nitrogens with one attached hydrogen (secondary N) is 1. The summed E-state index contributed by atoms with van der Waals surface area (Å²) in [5, 5.41) is 87.0. The molecule has 0 aliphatic carbocycles. The Balaban J connectivity index is 1.75. The van der Waals surface area contributed by atoms with E-state index in [1.165, 1.54) is 51.4 Å². The van der Waals surface area contributed by atoms with Gasteiger partial charge in [0.2, 0.25) is 5.91 Å². The number of carbonyl (C=O) groups excluding carboxylic acids is 1. The lowest BCUT2D eigenvalue weighted by Gasteiger charge is -2.46. The van der Waals surface area contributed by atoms with E-state index in [9.17, 15) is 45.6 Å². The molecule has 0 aromatic heterocycles. The van der Waals surface area contributed by atoms with Gasteiger partial charge in [0.05, 0.1) is 32.0 Å². The van der Waals surface area contributed by atoms with Crippen molar-refractivity contribution in [3.05, 3.63) is 85.1 Å². The van der Waals surface area contributed by atoms with Crippen LogP contribution in [0.25, 0.3) is 0 Å². The van der Waals surface area contributed by atoms with Crippen LogP contribution >= 0.6 is 0 Å². The molecule has 2 aliphatic heterocycles. The van der Waals surface area contributed by atoms with Crippen molar-refractivity contribution in [2.45, 2.75) is 261 Å². The van der Waals surface area contributed by atoms with Crippen LogP contribution in [-0.4, -0.2) is 140 Å². The molecule has 2 heterocycles. The van der Waals surface area contributed by atoms with E-state index >= 15 is 0 Å². The van der Waals surface area contributed by atoms with Gasteiger partial charge >= 0.3 is 0 Å². The van der Waals surface area contributed by atoms with Crippen LogP contribution in [0.3, 0.4) is 0 Å². The van der Waals surface area contributed by atoms with Crippen LogP contribution in [0, 0.1) is 0 Å². The van der Waals surface area contributed by atoms with Gasteiger partial charge in [-0.25, -0.2) is 0 Å². The molecule has 0 aromatic carbocycles. The van der Waals surface area contributed by atoms with E-state index in [-0.39, 0.29) is 18.9 Å². The molecule has 2 aliphatic rings. The molecule has 1 amide bonds. The Morgan fingerprint density at radius 3 is 1.45 bits per heavy atom. The molecule has 12 unspecified atom stereocenters. The van der Waals surface area contributed by atoms with Gasteiger partial charge in [0.1, 0.15) is 48.8 Å². The second-order valence-electron chi connectivity index (χ2n) is 19.7. The Hall–Kier alpha value is -2.83. The second-order valence-corrected chi connectivity index (χ2v) is 19.7. The van der Waals surface area contributed by atoms with Gasteiger partial charge in [-0.05, 0) is 70.6 Å². The largest absolute Gasteiger partial charge is 0.394 e. The lowest BCUT2D eigenvalue weighted by Crippen LogP contribution is -2.65. The molecule has 14 heteroatoms. The minimum Gasteiger partial charge on any atom is -0.394 e. The van der Waals surface area contributed by atoms with Crippen molar-refractivity contribution in [1.82, 2.24) is 5.32 Å². The predicted molar refractivity (Wildman–Crippen MR) is 290 cm³/mol. The molecule has 0 bridgehead atoms. The van der Waals surface area contributed by atoms with E-state index in [0.717, 1.165) is 103 Å². The first-order chi connectivity index (χ1) is 35.6. The smallest absolute Gasteiger partial charge is 0.220 e. The number of aliphatic hydroxyl groups excluding tert-OH is 8. The van der Waals surface area contributed by atoms with Crippen molar-refractivity contribution < 1.29 is 64.6 Å². The van der Waals surface area contributed by atoms with Gasteiger partial charge in [-0.2, -0.15) is 0 Å². The van der Waals surface area contributed by atoms with E-state index in [4.69, 9.17) is 18.9 Å². The molecule has 420 valence electrons. The maximum absolute atomic E-state index is 13.2. The lowest BCUT2D eigenvalue weighted by molar-refractivity contribution is -0.359. The summed E-state index contributed by atoms with van der Waals surface area (Å²) >= 11 is 0. The molecular formula is C59H101NO13. The van der Waals surface area contributed by atoms with Crippen molar-refractivity contribution in [3.63, 3.8) is 0 Å². The number of hydrogen-bond acceptors (Lipinski definition) is 13. The first kappa shape index (κ1) is 66.3. The Labute approximate surface area is 440 Å². The van der Waals surface area contributed by atoms with Crippen LogP contribution in [0.4, 0.5) is 0 Å². The van der Waals surface area contributed by atoms with Crippen LogP contribution in [0.15, 0.2) is 85.1 Å². The van der Waals surface area contributed by atoms with Gasteiger partial charge < -0.3 is 65.1 Å². The molecular weight excluding hydrogens is 931 g/mol. The zero-order chi connectivity index (χ0) is 53.2. The third-order valence-electron chi connectivity index (χ3n) is 13.4. The second kappa shape index (κ2) is 44.3. The molecule has 0 aromatic rings. The number of hydrogen-bond donors (Lipinski definition) is 9. The SMILES string of the molecule is CC/C=C\C/C=C\C/C=C\C/C=C\C/C=C\C/C=C\C/C=C\CCCCCCCC(=O)NC(COC1OC(CO)C(OC2OC(CO)C(O)C(O)C2O)C(O)C1O)C(O)CCCCCCCCCCCCCC. The average Bonchev–Trinajstić information content (AvgIpc) is 3.39.